The van der Waals surface area contributed by atoms with Crippen molar-refractivity contribution in [3.05, 3.63) is 66.0 Å². The van der Waals surface area contributed by atoms with E-state index in [1.54, 1.807) is 0 Å². The number of anilines is 1. The van der Waals surface area contributed by atoms with Gasteiger partial charge in [0.05, 0.1) is 6.04 Å². The Kier molecular flexibility index (Phi) is 5.46. The second kappa shape index (κ2) is 7.54. The van der Waals surface area contributed by atoms with Gasteiger partial charge in [-0.25, -0.2) is 4.39 Å². The minimum atomic E-state index is -0.389. The van der Waals surface area contributed by atoms with Crippen LogP contribution in [0.5, 0.6) is 0 Å². The first kappa shape index (κ1) is 16.7. The summed E-state index contributed by atoms with van der Waals surface area (Å²) in [6.07, 6.45) is 0. The number of amides is 2. The maximum atomic E-state index is 13.0. The number of hydrogen-bond donors (Lipinski definition) is 1. The molecular weight excluding hydrogens is 295 g/mol. The van der Waals surface area contributed by atoms with Gasteiger partial charge in [-0.1, -0.05) is 30.3 Å². The van der Waals surface area contributed by atoms with Gasteiger partial charge in [0.15, 0.2) is 0 Å². The molecule has 1 atom stereocenters. The highest BCUT2D eigenvalue weighted by Gasteiger charge is 2.17. The zero-order valence-corrected chi connectivity index (χ0v) is 13.1. The Labute approximate surface area is 134 Å². The van der Waals surface area contributed by atoms with E-state index in [9.17, 15) is 14.0 Å². The van der Waals surface area contributed by atoms with Crippen LogP contribution in [0, 0.1) is 5.82 Å². The van der Waals surface area contributed by atoms with E-state index >= 15 is 0 Å². The Hall–Kier alpha value is -2.69. The molecule has 0 aliphatic carbocycles. The van der Waals surface area contributed by atoms with Crippen LogP contribution in [0.3, 0.4) is 0 Å². The molecule has 2 aromatic rings. The normalized spacial score (nSPS) is 11.6. The monoisotopic (exact) mass is 314 g/mol. The van der Waals surface area contributed by atoms with Crippen LogP contribution >= 0.6 is 0 Å². The predicted molar refractivity (Wildman–Crippen MR) is 87.4 cm³/mol. The van der Waals surface area contributed by atoms with Gasteiger partial charge in [0.1, 0.15) is 12.4 Å². The van der Waals surface area contributed by atoms with Crippen molar-refractivity contribution in [3.8, 4) is 0 Å². The molecule has 5 heteroatoms. The molecule has 0 radical (unpaired) electrons. The van der Waals surface area contributed by atoms with Crippen LogP contribution in [0.2, 0.25) is 0 Å². The summed E-state index contributed by atoms with van der Waals surface area (Å²) in [6, 6.07) is 14.9. The third-order valence-corrected chi connectivity index (χ3v) is 3.50. The second-order valence-electron chi connectivity index (χ2n) is 5.28. The van der Waals surface area contributed by atoms with Gasteiger partial charge in [-0.3, -0.25) is 9.59 Å². The molecule has 2 aromatic carbocycles. The number of carbonyl (C=O) groups is 2. The molecule has 0 aromatic heterocycles. The average Bonchev–Trinajstić information content (AvgIpc) is 2.54. The van der Waals surface area contributed by atoms with E-state index in [2.05, 4.69) is 5.32 Å². The molecule has 0 saturated carbocycles. The fourth-order valence-electron chi connectivity index (χ4n) is 2.26. The van der Waals surface area contributed by atoms with Gasteiger partial charge in [-0.2, -0.15) is 0 Å². The van der Waals surface area contributed by atoms with Crippen LogP contribution in [0.1, 0.15) is 25.5 Å². The van der Waals surface area contributed by atoms with Crippen LogP contribution in [0.4, 0.5) is 10.1 Å². The highest BCUT2D eigenvalue weighted by atomic mass is 19.1. The van der Waals surface area contributed by atoms with Crippen LogP contribution in [-0.2, 0) is 9.59 Å². The molecule has 0 fully saturated rings. The van der Waals surface area contributed by atoms with Gasteiger partial charge in [0.2, 0.25) is 11.8 Å². The molecular formula is C18H19FN2O2. The van der Waals surface area contributed by atoms with Crippen LogP contribution in [0.25, 0.3) is 0 Å². The van der Waals surface area contributed by atoms with Crippen molar-refractivity contribution >= 4 is 17.5 Å². The lowest BCUT2D eigenvalue weighted by Crippen LogP contribution is -2.40. The Morgan fingerprint density at radius 1 is 1.09 bits per heavy atom. The van der Waals surface area contributed by atoms with E-state index in [1.807, 2.05) is 37.3 Å². The van der Waals surface area contributed by atoms with Crippen molar-refractivity contribution in [1.82, 2.24) is 5.32 Å². The van der Waals surface area contributed by atoms with E-state index in [4.69, 9.17) is 0 Å². The van der Waals surface area contributed by atoms with Gasteiger partial charge in [-0.15, -0.1) is 0 Å². The highest BCUT2D eigenvalue weighted by molar-refractivity contribution is 5.97. The summed E-state index contributed by atoms with van der Waals surface area (Å²) in [6.45, 7) is 3.14. The van der Waals surface area contributed by atoms with Crippen LogP contribution in [-0.4, -0.2) is 18.4 Å². The summed E-state index contributed by atoms with van der Waals surface area (Å²) in [5.74, 6) is -0.945. The molecule has 0 spiro atoms. The standard InChI is InChI=1S/C18H19FN2O2/c1-13(15-6-4-3-5-7-15)20-18(23)12-21(14(2)22)17-10-8-16(19)9-11-17/h3-11,13H,12H2,1-2H3,(H,20,23). The number of rotatable bonds is 5. The molecule has 0 heterocycles. The highest BCUT2D eigenvalue weighted by Crippen LogP contribution is 2.16. The van der Waals surface area contributed by atoms with Crippen molar-refractivity contribution in [2.75, 3.05) is 11.4 Å². The number of benzene rings is 2. The molecule has 120 valence electrons. The summed E-state index contributed by atoms with van der Waals surface area (Å²) in [5, 5.41) is 2.86. The van der Waals surface area contributed by atoms with Gasteiger partial charge in [0.25, 0.3) is 0 Å². The summed E-state index contributed by atoms with van der Waals surface area (Å²) in [5.41, 5.74) is 1.47. The lowest BCUT2D eigenvalue weighted by Gasteiger charge is -2.22. The zero-order chi connectivity index (χ0) is 16.8. The number of hydrogen-bond acceptors (Lipinski definition) is 2. The number of carbonyl (C=O) groups excluding carboxylic acids is 2. The Morgan fingerprint density at radius 2 is 1.70 bits per heavy atom. The van der Waals surface area contributed by atoms with Gasteiger partial charge < -0.3 is 10.2 Å². The van der Waals surface area contributed by atoms with Crippen LogP contribution in [0.15, 0.2) is 54.6 Å². The third kappa shape index (κ3) is 4.64. The molecule has 23 heavy (non-hydrogen) atoms. The van der Waals surface area contributed by atoms with Crippen molar-refractivity contribution in [2.24, 2.45) is 0 Å². The quantitative estimate of drug-likeness (QED) is 0.922. The van der Waals surface area contributed by atoms with Gasteiger partial charge >= 0.3 is 0 Å². The smallest absolute Gasteiger partial charge is 0.240 e. The lowest BCUT2D eigenvalue weighted by atomic mass is 10.1. The molecule has 0 aliphatic rings. The average molecular weight is 314 g/mol. The Morgan fingerprint density at radius 3 is 2.26 bits per heavy atom. The summed E-state index contributed by atoms with van der Waals surface area (Å²) in [7, 11) is 0. The Bertz CT molecular complexity index is 671. The van der Waals surface area contributed by atoms with E-state index in [0.29, 0.717) is 5.69 Å². The molecule has 1 unspecified atom stereocenters. The fraction of sp³-hybridized carbons (Fsp3) is 0.222. The topological polar surface area (TPSA) is 49.4 Å². The largest absolute Gasteiger partial charge is 0.348 e. The minimum Gasteiger partial charge on any atom is -0.348 e. The van der Waals surface area contributed by atoms with E-state index < -0.39 is 0 Å². The lowest BCUT2D eigenvalue weighted by molar-refractivity contribution is -0.123. The molecule has 2 amide bonds. The van der Waals surface area contributed by atoms with Gasteiger partial charge in [-0.05, 0) is 36.8 Å². The maximum Gasteiger partial charge on any atom is 0.240 e. The van der Waals surface area contributed by atoms with Gasteiger partial charge in [0, 0.05) is 12.6 Å². The number of halogens is 1. The molecule has 0 saturated heterocycles. The van der Waals surface area contributed by atoms with Crippen molar-refractivity contribution in [2.45, 2.75) is 19.9 Å². The van der Waals surface area contributed by atoms with Crippen molar-refractivity contribution in [3.63, 3.8) is 0 Å². The Balaban J connectivity index is 2.04. The molecule has 0 bridgehead atoms. The molecule has 4 nitrogen and oxygen atoms in total. The van der Waals surface area contributed by atoms with Crippen LogP contribution < -0.4 is 10.2 Å². The summed E-state index contributed by atoms with van der Waals surface area (Å²) in [4.78, 5) is 25.3. The SMILES string of the molecule is CC(=O)N(CC(=O)NC(C)c1ccccc1)c1ccc(F)cc1. The second-order valence-corrected chi connectivity index (χ2v) is 5.28. The van der Waals surface area contributed by atoms with E-state index in [-0.39, 0.29) is 30.2 Å². The molecule has 0 aliphatic heterocycles. The van der Waals surface area contributed by atoms with Crippen molar-refractivity contribution in [1.29, 1.82) is 0 Å². The molecule has 1 N–H and O–H groups in total. The first-order chi connectivity index (χ1) is 11.0. The fourth-order valence-corrected chi connectivity index (χ4v) is 2.26. The maximum absolute atomic E-state index is 13.0. The minimum absolute atomic E-state index is 0.113. The first-order valence-electron chi connectivity index (χ1n) is 7.35. The van der Waals surface area contributed by atoms with E-state index in [1.165, 1.54) is 36.1 Å². The molecule has 2 rings (SSSR count). The number of nitrogens with one attached hydrogen (secondary N) is 1. The third-order valence-electron chi connectivity index (χ3n) is 3.50. The predicted octanol–water partition coefficient (Wildman–Crippen LogP) is 3.06. The van der Waals surface area contributed by atoms with Crippen molar-refractivity contribution < 1.29 is 14.0 Å². The van der Waals surface area contributed by atoms with E-state index in [0.717, 1.165) is 5.56 Å². The summed E-state index contributed by atoms with van der Waals surface area (Å²) < 4.78 is 13.0. The number of nitrogens with zero attached hydrogens (tertiary/aromatic N) is 1. The summed E-state index contributed by atoms with van der Waals surface area (Å²) >= 11 is 0. The first-order valence-corrected chi connectivity index (χ1v) is 7.35. The zero-order valence-electron chi connectivity index (χ0n) is 13.1.